The zero-order valence-corrected chi connectivity index (χ0v) is 17.5. The molecule has 2 atom stereocenters. The first-order valence-electron chi connectivity index (χ1n) is 10.3. The highest BCUT2D eigenvalue weighted by Gasteiger charge is 2.29. The Bertz CT molecular complexity index is 950. The highest BCUT2D eigenvalue weighted by molar-refractivity contribution is 7.09. The fraction of sp³-hybridized carbons (Fsp3) is 0.391. The summed E-state index contributed by atoms with van der Waals surface area (Å²) in [6.45, 7) is 2.71. The first kappa shape index (κ1) is 19.9. The van der Waals surface area contributed by atoms with E-state index in [4.69, 9.17) is 0 Å². The van der Waals surface area contributed by atoms with Crippen LogP contribution in [0, 0.1) is 6.92 Å². The molecule has 0 aliphatic carbocycles. The van der Waals surface area contributed by atoms with Crippen LogP contribution in [-0.4, -0.2) is 38.5 Å². The summed E-state index contributed by atoms with van der Waals surface area (Å²) in [7, 11) is 0. The number of amides is 1. The van der Waals surface area contributed by atoms with Crippen LogP contribution in [0.5, 0.6) is 0 Å². The van der Waals surface area contributed by atoms with Crippen molar-refractivity contribution in [3.8, 4) is 11.3 Å². The maximum absolute atomic E-state index is 13.3. The first-order chi connectivity index (χ1) is 14.1. The van der Waals surface area contributed by atoms with Gasteiger partial charge in [-0.2, -0.15) is 0 Å². The van der Waals surface area contributed by atoms with E-state index in [2.05, 4.69) is 9.97 Å². The van der Waals surface area contributed by atoms with Crippen LogP contribution < -0.4 is 0 Å². The molecular weight excluding hydrogens is 382 g/mol. The number of aliphatic hydroxyl groups excluding tert-OH is 1. The number of carbonyl (C=O) groups is 1. The lowest BCUT2D eigenvalue weighted by molar-refractivity contribution is 0.0583. The fourth-order valence-corrected chi connectivity index (χ4v) is 4.70. The maximum atomic E-state index is 13.3. The molecule has 5 nitrogen and oxygen atoms in total. The lowest BCUT2D eigenvalue weighted by atomic mass is 9.98. The van der Waals surface area contributed by atoms with Gasteiger partial charge in [0.1, 0.15) is 5.69 Å². The van der Waals surface area contributed by atoms with Gasteiger partial charge in [0.25, 0.3) is 5.91 Å². The molecule has 2 aromatic heterocycles. The highest BCUT2D eigenvalue weighted by atomic mass is 32.1. The zero-order valence-electron chi connectivity index (χ0n) is 16.7. The topological polar surface area (TPSA) is 69.2 Å². The van der Waals surface area contributed by atoms with Gasteiger partial charge in [0.15, 0.2) is 0 Å². The molecule has 0 radical (unpaired) electrons. The molecule has 2 N–H and O–H groups in total. The zero-order chi connectivity index (χ0) is 20.2. The maximum Gasteiger partial charge on any atom is 0.270 e. The van der Waals surface area contributed by atoms with E-state index < -0.39 is 6.10 Å². The van der Waals surface area contributed by atoms with Gasteiger partial charge >= 0.3 is 0 Å². The number of nitrogens with one attached hydrogen (secondary N) is 1. The molecule has 6 heteroatoms. The Balaban J connectivity index is 1.52. The van der Waals surface area contributed by atoms with Gasteiger partial charge < -0.3 is 15.0 Å². The summed E-state index contributed by atoms with van der Waals surface area (Å²) in [4.78, 5) is 22.9. The second kappa shape index (κ2) is 8.93. The van der Waals surface area contributed by atoms with Crippen molar-refractivity contribution >= 4 is 17.2 Å². The Kier molecular flexibility index (Phi) is 6.11. The number of aromatic amines is 1. The lowest BCUT2D eigenvalue weighted by Gasteiger charge is -2.31. The van der Waals surface area contributed by atoms with E-state index in [1.165, 1.54) is 0 Å². The quantitative estimate of drug-likeness (QED) is 0.626. The van der Waals surface area contributed by atoms with Gasteiger partial charge in [-0.05, 0) is 37.8 Å². The molecule has 3 aromatic rings. The van der Waals surface area contributed by atoms with Crippen molar-refractivity contribution in [1.29, 1.82) is 0 Å². The average Bonchev–Trinajstić information content (AvgIpc) is 3.33. The number of benzene rings is 1. The predicted octanol–water partition coefficient (Wildman–Crippen LogP) is 4.96. The molecule has 0 saturated carbocycles. The number of thiazole rings is 1. The number of aryl methyl sites for hydroxylation is 1. The third-order valence-electron chi connectivity index (χ3n) is 5.65. The van der Waals surface area contributed by atoms with Crippen molar-refractivity contribution in [3.05, 3.63) is 64.2 Å². The Morgan fingerprint density at radius 3 is 2.90 bits per heavy atom. The summed E-state index contributed by atoms with van der Waals surface area (Å²) in [5, 5.41) is 13.8. The van der Waals surface area contributed by atoms with Crippen LogP contribution >= 0.6 is 11.3 Å². The van der Waals surface area contributed by atoms with Crippen LogP contribution in [0.1, 0.15) is 59.3 Å². The third kappa shape index (κ3) is 4.60. The van der Waals surface area contributed by atoms with Gasteiger partial charge in [0.2, 0.25) is 0 Å². The van der Waals surface area contributed by atoms with Gasteiger partial charge in [0.05, 0.1) is 16.8 Å². The molecule has 1 aliphatic rings. The van der Waals surface area contributed by atoms with E-state index in [9.17, 15) is 9.90 Å². The minimum Gasteiger partial charge on any atom is -0.388 e. The largest absolute Gasteiger partial charge is 0.388 e. The summed E-state index contributed by atoms with van der Waals surface area (Å²) in [6, 6.07) is 11.6. The number of aliphatic hydroxyl groups is 1. The molecule has 3 heterocycles. The lowest BCUT2D eigenvalue weighted by Crippen LogP contribution is -2.41. The molecule has 1 fully saturated rings. The molecule has 1 amide bonds. The number of hydrogen-bond donors (Lipinski definition) is 2. The summed E-state index contributed by atoms with van der Waals surface area (Å²) in [6.07, 6.45) is 5.99. The fourth-order valence-electron chi connectivity index (χ4n) is 4.08. The van der Waals surface area contributed by atoms with E-state index in [1.54, 1.807) is 11.3 Å². The molecule has 0 spiro atoms. The molecule has 1 saturated heterocycles. The van der Waals surface area contributed by atoms with Crippen LogP contribution in [0.4, 0.5) is 0 Å². The minimum absolute atomic E-state index is 0.00960. The summed E-state index contributed by atoms with van der Waals surface area (Å²) < 4.78 is 0. The number of rotatable bonds is 5. The van der Waals surface area contributed by atoms with Gasteiger partial charge in [-0.15, -0.1) is 11.3 Å². The molecule has 4 rings (SSSR count). The second-order valence-corrected chi connectivity index (χ2v) is 8.78. The van der Waals surface area contributed by atoms with Crippen molar-refractivity contribution in [1.82, 2.24) is 14.9 Å². The van der Waals surface area contributed by atoms with Crippen LogP contribution in [0.15, 0.2) is 48.0 Å². The Labute approximate surface area is 175 Å². The van der Waals surface area contributed by atoms with Crippen LogP contribution in [0.25, 0.3) is 11.3 Å². The SMILES string of the molecule is Cc1nc(-c2c[nH]c(C(=O)N3CCCCC[C@@H]3C[C@H](O)c3ccccc3)c2)cs1. The van der Waals surface area contributed by atoms with E-state index in [1.807, 2.05) is 59.8 Å². The number of aromatic nitrogens is 2. The summed E-state index contributed by atoms with van der Waals surface area (Å²) in [5.74, 6) is 0.00960. The molecule has 1 aliphatic heterocycles. The van der Waals surface area contributed by atoms with Crippen LogP contribution in [0.2, 0.25) is 0 Å². The number of H-pyrrole nitrogens is 1. The van der Waals surface area contributed by atoms with Crippen LogP contribution in [-0.2, 0) is 0 Å². The molecule has 0 bridgehead atoms. The monoisotopic (exact) mass is 409 g/mol. The van der Waals surface area contributed by atoms with Crippen molar-refractivity contribution in [2.75, 3.05) is 6.54 Å². The minimum atomic E-state index is -0.563. The third-order valence-corrected chi connectivity index (χ3v) is 6.42. The smallest absolute Gasteiger partial charge is 0.270 e. The predicted molar refractivity (Wildman–Crippen MR) is 116 cm³/mol. The standard InChI is InChI=1S/C23H27N3O2S/c1-16-25-21(15-29-16)18-12-20(24-14-18)23(28)26-11-7-3-6-10-19(26)13-22(27)17-8-4-2-5-9-17/h2,4-5,8-9,12,14-15,19,22,24,27H,3,6-7,10-11,13H2,1H3/t19-,22+/m1/s1. The summed E-state index contributed by atoms with van der Waals surface area (Å²) in [5.41, 5.74) is 3.33. The molecule has 1 aromatic carbocycles. The van der Waals surface area contributed by atoms with Crippen molar-refractivity contribution in [2.45, 2.75) is 51.2 Å². The Hall–Kier alpha value is -2.44. The van der Waals surface area contributed by atoms with Gasteiger partial charge in [0, 0.05) is 29.7 Å². The molecular formula is C23H27N3O2S. The van der Waals surface area contributed by atoms with Crippen LogP contribution in [0.3, 0.4) is 0 Å². The van der Waals surface area contributed by atoms with Gasteiger partial charge in [-0.3, -0.25) is 4.79 Å². The molecule has 0 unspecified atom stereocenters. The van der Waals surface area contributed by atoms with E-state index >= 15 is 0 Å². The number of hydrogen-bond acceptors (Lipinski definition) is 4. The number of carbonyl (C=O) groups excluding carboxylic acids is 1. The Morgan fingerprint density at radius 2 is 2.14 bits per heavy atom. The molecule has 29 heavy (non-hydrogen) atoms. The van der Waals surface area contributed by atoms with E-state index in [0.717, 1.165) is 54.1 Å². The number of nitrogens with zero attached hydrogens (tertiary/aromatic N) is 2. The average molecular weight is 410 g/mol. The second-order valence-electron chi connectivity index (χ2n) is 7.72. The highest BCUT2D eigenvalue weighted by Crippen LogP contribution is 2.28. The van der Waals surface area contributed by atoms with E-state index in [0.29, 0.717) is 12.1 Å². The van der Waals surface area contributed by atoms with Crippen molar-refractivity contribution in [3.63, 3.8) is 0 Å². The van der Waals surface area contributed by atoms with E-state index in [-0.39, 0.29) is 11.9 Å². The van der Waals surface area contributed by atoms with Gasteiger partial charge in [-0.1, -0.05) is 43.2 Å². The Morgan fingerprint density at radius 1 is 1.31 bits per heavy atom. The molecule has 152 valence electrons. The van der Waals surface area contributed by atoms with Gasteiger partial charge in [-0.25, -0.2) is 4.98 Å². The summed E-state index contributed by atoms with van der Waals surface area (Å²) >= 11 is 1.60. The first-order valence-corrected chi connectivity index (χ1v) is 11.1. The van der Waals surface area contributed by atoms with Crippen molar-refractivity contribution < 1.29 is 9.90 Å². The normalized spacial score (nSPS) is 18.4. The van der Waals surface area contributed by atoms with Crippen molar-refractivity contribution in [2.24, 2.45) is 0 Å². The number of likely N-dealkylation sites (tertiary alicyclic amines) is 1.